The van der Waals surface area contributed by atoms with Crippen LogP contribution in [0.5, 0.6) is 0 Å². The molecule has 1 aromatic carbocycles. The fourth-order valence-corrected chi connectivity index (χ4v) is 2.99. The molecule has 0 spiro atoms. The smallest absolute Gasteiger partial charge is 0.313 e. The topological polar surface area (TPSA) is 64.3 Å². The number of nitrogens with zero attached hydrogens (tertiary/aromatic N) is 2. The third kappa shape index (κ3) is 3.98. The maximum Gasteiger partial charge on any atom is 0.313 e. The molecule has 0 aliphatic carbocycles. The molecule has 0 bridgehead atoms. The lowest BCUT2D eigenvalue weighted by Crippen LogP contribution is -2.30. The van der Waals surface area contributed by atoms with Crippen LogP contribution >= 0.6 is 11.8 Å². The van der Waals surface area contributed by atoms with Gasteiger partial charge in [-0.25, -0.2) is 4.98 Å². The number of thioether (sulfide) groups is 1. The average molecular weight is 308 g/mol. The van der Waals surface area contributed by atoms with Gasteiger partial charge in [0.1, 0.15) is 0 Å². The fraction of sp³-hybridized carbons (Fsp3) is 0.467. The summed E-state index contributed by atoms with van der Waals surface area (Å²) in [6.07, 6.45) is 0. The van der Waals surface area contributed by atoms with Gasteiger partial charge in [-0.2, -0.15) is 0 Å². The molecule has 0 unspecified atom stereocenters. The molecule has 114 valence electrons. The van der Waals surface area contributed by atoms with Gasteiger partial charge in [0.15, 0.2) is 5.16 Å². The molecule has 2 rings (SSSR count). The molecular formula is C15H20N2O3S. The van der Waals surface area contributed by atoms with Gasteiger partial charge in [0.25, 0.3) is 0 Å². The van der Waals surface area contributed by atoms with Crippen LogP contribution in [0.2, 0.25) is 0 Å². The predicted octanol–water partition coefficient (Wildman–Crippen LogP) is 3.03. The monoisotopic (exact) mass is 308 g/mol. The first-order valence-corrected chi connectivity index (χ1v) is 7.85. The minimum atomic E-state index is -0.845. The number of hydrogen-bond acceptors (Lipinski definition) is 4. The van der Waals surface area contributed by atoms with Gasteiger partial charge < -0.3 is 14.4 Å². The average Bonchev–Trinajstić information content (AvgIpc) is 2.74. The van der Waals surface area contributed by atoms with Crippen LogP contribution in [0.25, 0.3) is 11.0 Å². The van der Waals surface area contributed by atoms with Crippen molar-refractivity contribution in [3.05, 3.63) is 24.3 Å². The molecule has 1 heterocycles. The Morgan fingerprint density at radius 2 is 2.14 bits per heavy atom. The van der Waals surface area contributed by atoms with Crippen LogP contribution in [0, 0.1) is 0 Å². The number of ether oxygens (including phenoxy) is 1. The van der Waals surface area contributed by atoms with Crippen molar-refractivity contribution in [2.75, 3.05) is 12.4 Å². The number of aliphatic carboxylic acids is 1. The molecule has 5 nitrogen and oxygen atoms in total. The second kappa shape index (κ2) is 6.49. The number of benzene rings is 1. The van der Waals surface area contributed by atoms with E-state index in [1.54, 1.807) is 0 Å². The Balaban J connectivity index is 2.37. The van der Waals surface area contributed by atoms with Gasteiger partial charge in [0, 0.05) is 6.61 Å². The van der Waals surface area contributed by atoms with E-state index >= 15 is 0 Å². The van der Waals surface area contributed by atoms with Crippen LogP contribution in [0.1, 0.15) is 20.8 Å². The number of carbonyl (C=O) groups is 1. The zero-order valence-corrected chi connectivity index (χ0v) is 13.3. The maximum absolute atomic E-state index is 10.8. The van der Waals surface area contributed by atoms with Gasteiger partial charge >= 0.3 is 5.97 Å². The Bertz CT molecular complexity index is 637. The first-order valence-electron chi connectivity index (χ1n) is 6.87. The van der Waals surface area contributed by atoms with Crippen molar-refractivity contribution in [1.82, 2.24) is 9.55 Å². The van der Waals surface area contributed by atoms with Crippen molar-refractivity contribution in [2.24, 2.45) is 0 Å². The Morgan fingerprint density at radius 3 is 2.81 bits per heavy atom. The lowest BCUT2D eigenvalue weighted by molar-refractivity contribution is -0.133. The molecule has 0 aliphatic heterocycles. The summed E-state index contributed by atoms with van der Waals surface area (Å²) in [5, 5.41) is 9.59. The van der Waals surface area contributed by atoms with Gasteiger partial charge in [0.05, 0.1) is 28.9 Å². The summed E-state index contributed by atoms with van der Waals surface area (Å²) >= 11 is 1.24. The highest BCUT2D eigenvalue weighted by atomic mass is 32.2. The van der Waals surface area contributed by atoms with E-state index in [-0.39, 0.29) is 11.4 Å². The van der Waals surface area contributed by atoms with Crippen molar-refractivity contribution in [1.29, 1.82) is 0 Å². The van der Waals surface area contributed by atoms with Crippen LogP contribution in [-0.4, -0.2) is 38.6 Å². The third-order valence-electron chi connectivity index (χ3n) is 3.02. The van der Waals surface area contributed by atoms with Crippen LogP contribution in [0.3, 0.4) is 0 Å². The summed E-state index contributed by atoms with van der Waals surface area (Å²) in [6.45, 7) is 7.28. The molecule has 0 atom stereocenters. The summed E-state index contributed by atoms with van der Waals surface area (Å²) in [4.78, 5) is 15.3. The molecule has 0 amide bonds. The molecule has 0 aliphatic rings. The number of aromatic nitrogens is 2. The Hall–Kier alpha value is -1.53. The minimum absolute atomic E-state index is 0.00160. The number of carboxylic acids is 1. The predicted molar refractivity (Wildman–Crippen MR) is 83.8 cm³/mol. The quantitative estimate of drug-likeness (QED) is 0.797. The number of carboxylic acid groups (broad SMARTS) is 1. The van der Waals surface area contributed by atoms with E-state index < -0.39 is 5.97 Å². The lowest BCUT2D eigenvalue weighted by atomic mass is 10.1. The summed E-state index contributed by atoms with van der Waals surface area (Å²) in [6, 6.07) is 7.82. The summed E-state index contributed by atoms with van der Waals surface area (Å²) in [7, 11) is 0. The standard InChI is InChI=1S/C15H20N2O3S/c1-4-20-15(2,3)10-17-12-8-6-5-7-11(12)16-14(17)21-9-13(18)19/h5-8H,4,9-10H2,1-3H3,(H,18,19). The zero-order valence-electron chi connectivity index (χ0n) is 12.5. The summed E-state index contributed by atoms with van der Waals surface area (Å²) in [5.41, 5.74) is 1.53. The number of imidazole rings is 1. The van der Waals surface area contributed by atoms with Crippen molar-refractivity contribution in [2.45, 2.75) is 38.1 Å². The normalized spacial score (nSPS) is 12.0. The highest BCUT2D eigenvalue weighted by Gasteiger charge is 2.22. The van der Waals surface area contributed by atoms with Gasteiger partial charge in [-0.15, -0.1) is 0 Å². The van der Waals surface area contributed by atoms with Crippen LogP contribution in [-0.2, 0) is 16.1 Å². The molecule has 0 fully saturated rings. The molecule has 0 saturated heterocycles. The molecule has 21 heavy (non-hydrogen) atoms. The van der Waals surface area contributed by atoms with E-state index in [1.165, 1.54) is 11.8 Å². The molecular weight excluding hydrogens is 288 g/mol. The molecule has 0 saturated carbocycles. The largest absolute Gasteiger partial charge is 0.481 e. The van der Waals surface area contributed by atoms with E-state index in [0.717, 1.165) is 11.0 Å². The first-order chi connectivity index (χ1) is 9.93. The third-order valence-corrected chi connectivity index (χ3v) is 3.98. The second-order valence-corrected chi connectivity index (χ2v) is 6.29. The second-order valence-electron chi connectivity index (χ2n) is 5.34. The van der Waals surface area contributed by atoms with E-state index in [1.807, 2.05) is 49.6 Å². The van der Waals surface area contributed by atoms with Gasteiger partial charge in [0.2, 0.25) is 0 Å². The van der Waals surface area contributed by atoms with Gasteiger partial charge in [-0.1, -0.05) is 23.9 Å². The van der Waals surface area contributed by atoms with Crippen molar-refractivity contribution < 1.29 is 14.6 Å². The molecule has 2 aromatic rings. The first kappa shape index (κ1) is 15.9. The Morgan fingerprint density at radius 1 is 1.43 bits per heavy atom. The zero-order chi connectivity index (χ0) is 15.5. The number of para-hydroxylation sites is 2. The number of fused-ring (bicyclic) bond motifs is 1. The SMILES string of the molecule is CCOC(C)(C)Cn1c(SCC(=O)O)nc2ccccc21. The number of hydrogen-bond donors (Lipinski definition) is 1. The van der Waals surface area contributed by atoms with E-state index in [4.69, 9.17) is 9.84 Å². The van der Waals surface area contributed by atoms with E-state index in [0.29, 0.717) is 18.3 Å². The highest BCUT2D eigenvalue weighted by Crippen LogP contribution is 2.26. The maximum atomic E-state index is 10.8. The van der Waals surface area contributed by atoms with Crippen LogP contribution in [0.4, 0.5) is 0 Å². The highest BCUT2D eigenvalue weighted by molar-refractivity contribution is 7.99. The minimum Gasteiger partial charge on any atom is -0.481 e. The van der Waals surface area contributed by atoms with Crippen molar-refractivity contribution >= 4 is 28.8 Å². The lowest BCUT2D eigenvalue weighted by Gasteiger charge is -2.26. The Labute approximate surface area is 128 Å². The fourth-order valence-electron chi connectivity index (χ4n) is 2.26. The molecule has 1 aromatic heterocycles. The number of rotatable bonds is 7. The van der Waals surface area contributed by atoms with Crippen molar-refractivity contribution in [3.8, 4) is 0 Å². The van der Waals surface area contributed by atoms with Gasteiger partial charge in [-0.05, 0) is 32.9 Å². The van der Waals surface area contributed by atoms with Crippen LogP contribution in [0.15, 0.2) is 29.4 Å². The molecule has 6 heteroatoms. The molecule has 0 radical (unpaired) electrons. The van der Waals surface area contributed by atoms with E-state index in [2.05, 4.69) is 4.98 Å². The summed E-state index contributed by atoms with van der Waals surface area (Å²) in [5.74, 6) is -0.846. The summed E-state index contributed by atoms with van der Waals surface area (Å²) < 4.78 is 7.80. The molecule has 1 N–H and O–H groups in total. The van der Waals surface area contributed by atoms with E-state index in [9.17, 15) is 4.79 Å². The Kier molecular flexibility index (Phi) is 4.90. The van der Waals surface area contributed by atoms with Crippen LogP contribution < -0.4 is 0 Å². The van der Waals surface area contributed by atoms with Gasteiger partial charge in [-0.3, -0.25) is 4.79 Å². The van der Waals surface area contributed by atoms with Crippen molar-refractivity contribution in [3.63, 3.8) is 0 Å².